The smallest absolute Gasteiger partial charge is 0.0721 e. The number of rotatable bonds is 15. The molecule has 0 bridgehead atoms. The zero-order valence-electron chi connectivity index (χ0n) is 20.9. The number of hydrogen-bond acceptors (Lipinski definition) is 1. The van der Waals surface area contributed by atoms with E-state index in [1.807, 2.05) is 18.2 Å². The second-order valence-electron chi connectivity index (χ2n) is 9.03. The Morgan fingerprint density at radius 3 is 2.12 bits per heavy atom. The van der Waals surface area contributed by atoms with E-state index in [2.05, 4.69) is 77.6 Å². The molecule has 1 nitrogen and oxygen atoms in total. The van der Waals surface area contributed by atoms with Crippen LogP contribution in [0.4, 0.5) is 0 Å². The summed E-state index contributed by atoms with van der Waals surface area (Å²) in [6.07, 6.45) is 14.6. The second kappa shape index (κ2) is 16.8. The Balaban J connectivity index is 2.43. The predicted octanol–water partition coefficient (Wildman–Crippen LogP) is 9.37. The first-order valence-electron chi connectivity index (χ1n) is 11.8. The zero-order chi connectivity index (χ0) is 23.8. The van der Waals surface area contributed by atoms with Crippen LogP contribution in [0.5, 0.6) is 0 Å². The molecule has 0 heterocycles. The zero-order valence-corrected chi connectivity index (χ0v) is 21.7. The van der Waals surface area contributed by atoms with Crippen molar-refractivity contribution < 1.29 is 4.74 Å². The average Bonchev–Trinajstić information content (AvgIpc) is 2.76. The highest BCUT2D eigenvalue weighted by molar-refractivity contribution is 6.19. The van der Waals surface area contributed by atoms with Gasteiger partial charge in [0.1, 0.15) is 0 Å². The molecule has 0 aliphatic heterocycles. The SMILES string of the molecule is C=C(C)C(C=C(C)CCC=C(C)CCl)CC(C)=CCCC(C)=CCOCc1ccccc1. The van der Waals surface area contributed by atoms with Crippen molar-refractivity contribution in [1.29, 1.82) is 0 Å². The summed E-state index contributed by atoms with van der Waals surface area (Å²) in [5.74, 6) is 1.03. The maximum absolute atomic E-state index is 5.86. The molecule has 1 aromatic rings. The summed E-state index contributed by atoms with van der Waals surface area (Å²) < 4.78 is 5.76. The third kappa shape index (κ3) is 13.6. The number of ether oxygens (including phenoxy) is 1. The lowest BCUT2D eigenvalue weighted by Gasteiger charge is -2.15. The molecular formula is C30H43ClO. The van der Waals surface area contributed by atoms with Crippen LogP contribution in [0.25, 0.3) is 0 Å². The number of hydrogen-bond donors (Lipinski definition) is 0. The Labute approximate surface area is 202 Å². The third-order valence-corrected chi connectivity index (χ3v) is 6.02. The first-order chi connectivity index (χ1) is 15.3. The molecule has 0 radical (unpaired) electrons. The Morgan fingerprint density at radius 2 is 1.50 bits per heavy atom. The molecule has 1 atom stereocenters. The average molecular weight is 455 g/mol. The van der Waals surface area contributed by atoms with Gasteiger partial charge in [0.2, 0.25) is 0 Å². The summed E-state index contributed by atoms with van der Waals surface area (Å²) in [6.45, 7) is 16.5. The van der Waals surface area contributed by atoms with Crippen LogP contribution in [0.15, 0.2) is 89.1 Å². The van der Waals surface area contributed by atoms with E-state index >= 15 is 0 Å². The van der Waals surface area contributed by atoms with E-state index in [1.54, 1.807) is 0 Å². The van der Waals surface area contributed by atoms with Gasteiger partial charge < -0.3 is 4.74 Å². The number of halogens is 1. The van der Waals surface area contributed by atoms with E-state index in [0.29, 0.717) is 25.0 Å². The molecule has 2 heteroatoms. The van der Waals surface area contributed by atoms with Gasteiger partial charge in [0.25, 0.3) is 0 Å². The van der Waals surface area contributed by atoms with Crippen molar-refractivity contribution >= 4 is 11.6 Å². The van der Waals surface area contributed by atoms with Crippen molar-refractivity contribution in [2.45, 2.75) is 73.3 Å². The third-order valence-electron chi connectivity index (χ3n) is 5.60. The quantitative estimate of drug-likeness (QED) is 0.146. The molecule has 1 unspecified atom stereocenters. The van der Waals surface area contributed by atoms with E-state index in [9.17, 15) is 0 Å². The second-order valence-corrected chi connectivity index (χ2v) is 9.30. The fraction of sp³-hybridized carbons (Fsp3) is 0.467. The fourth-order valence-corrected chi connectivity index (χ4v) is 3.54. The number of benzene rings is 1. The summed E-state index contributed by atoms with van der Waals surface area (Å²) in [6, 6.07) is 10.3. The summed E-state index contributed by atoms with van der Waals surface area (Å²) in [5, 5.41) is 0. The highest BCUT2D eigenvalue weighted by Crippen LogP contribution is 2.23. The summed E-state index contributed by atoms with van der Waals surface area (Å²) >= 11 is 5.86. The molecular weight excluding hydrogens is 412 g/mol. The van der Waals surface area contributed by atoms with E-state index < -0.39 is 0 Å². The Hall–Kier alpha value is -1.83. The van der Waals surface area contributed by atoms with Gasteiger partial charge in [-0.1, -0.05) is 89.1 Å². The highest BCUT2D eigenvalue weighted by atomic mass is 35.5. The first kappa shape index (κ1) is 28.2. The van der Waals surface area contributed by atoms with Gasteiger partial charge in [0.15, 0.2) is 0 Å². The molecule has 0 aliphatic carbocycles. The maximum atomic E-state index is 5.86. The highest BCUT2D eigenvalue weighted by Gasteiger charge is 2.08. The van der Waals surface area contributed by atoms with Crippen molar-refractivity contribution in [3.05, 3.63) is 94.6 Å². The van der Waals surface area contributed by atoms with Crippen LogP contribution in [-0.4, -0.2) is 12.5 Å². The molecule has 0 fully saturated rings. The van der Waals surface area contributed by atoms with E-state index in [-0.39, 0.29) is 0 Å². The lowest BCUT2D eigenvalue weighted by Crippen LogP contribution is -2.00. The summed E-state index contributed by atoms with van der Waals surface area (Å²) in [4.78, 5) is 0. The van der Waals surface area contributed by atoms with Crippen LogP contribution < -0.4 is 0 Å². The minimum Gasteiger partial charge on any atom is -0.373 e. The topological polar surface area (TPSA) is 9.23 Å². The molecule has 0 amide bonds. The van der Waals surface area contributed by atoms with Gasteiger partial charge in [-0.25, -0.2) is 0 Å². The molecule has 0 aliphatic rings. The standard InChI is InChI=1S/C30H43ClO/c1-24(2)30(21-27(5)14-11-15-28(6)22-31)20-26(4)13-10-12-25(3)18-19-32-23-29-16-8-7-9-17-29/h7-9,13,15-18,21,30H,1,10-12,14,19-20,22-23H2,2-6H3. The maximum Gasteiger partial charge on any atom is 0.0721 e. The number of allylic oxidation sites excluding steroid dienone is 8. The van der Waals surface area contributed by atoms with Crippen LogP contribution in [0.2, 0.25) is 0 Å². The lowest BCUT2D eigenvalue weighted by atomic mass is 9.90. The minimum absolute atomic E-state index is 0.410. The summed E-state index contributed by atoms with van der Waals surface area (Å²) in [5.41, 5.74) is 7.95. The Kier molecular flexibility index (Phi) is 14.8. The van der Waals surface area contributed by atoms with Crippen molar-refractivity contribution in [2.24, 2.45) is 5.92 Å². The molecule has 1 rings (SSSR count). The largest absolute Gasteiger partial charge is 0.373 e. The molecule has 0 N–H and O–H groups in total. The van der Waals surface area contributed by atoms with Crippen LogP contribution in [0.1, 0.15) is 72.3 Å². The molecule has 1 aromatic carbocycles. The van der Waals surface area contributed by atoms with Crippen molar-refractivity contribution in [3.63, 3.8) is 0 Å². The van der Waals surface area contributed by atoms with Crippen LogP contribution in [0, 0.1) is 5.92 Å². The molecule has 32 heavy (non-hydrogen) atoms. The van der Waals surface area contributed by atoms with Crippen LogP contribution in [-0.2, 0) is 11.3 Å². The van der Waals surface area contributed by atoms with Crippen molar-refractivity contribution in [3.8, 4) is 0 Å². The molecule has 0 saturated heterocycles. The van der Waals surface area contributed by atoms with Crippen LogP contribution >= 0.6 is 11.6 Å². The van der Waals surface area contributed by atoms with Crippen molar-refractivity contribution in [1.82, 2.24) is 0 Å². The molecule has 0 spiro atoms. The van der Waals surface area contributed by atoms with Gasteiger partial charge in [0.05, 0.1) is 13.2 Å². The van der Waals surface area contributed by atoms with Gasteiger partial charge in [-0.2, -0.15) is 0 Å². The minimum atomic E-state index is 0.410. The van der Waals surface area contributed by atoms with Gasteiger partial charge in [-0.15, -0.1) is 11.6 Å². The Bertz CT molecular complexity index is 795. The van der Waals surface area contributed by atoms with E-state index in [0.717, 1.165) is 32.1 Å². The number of alkyl halides is 1. The predicted molar refractivity (Wildman–Crippen MR) is 143 cm³/mol. The molecule has 0 aromatic heterocycles. The normalized spacial score (nSPS) is 14.6. The van der Waals surface area contributed by atoms with E-state index in [4.69, 9.17) is 16.3 Å². The molecule has 176 valence electrons. The first-order valence-corrected chi connectivity index (χ1v) is 12.3. The van der Waals surface area contributed by atoms with Gasteiger partial charge in [-0.3, -0.25) is 0 Å². The fourth-order valence-electron chi connectivity index (χ4n) is 3.43. The van der Waals surface area contributed by atoms with Crippen molar-refractivity contribution in [2.75, 3.05) is 12.5 Å². The molecule has 0 saturated carbocycles. The van der Waals surface area contributed by atoms with Gasteiger partial charge >= 0.3 is 0 Å². The van der Waals surface area contributed by atoms with Crippen LogP contribution in [0.3, 0.4) is 0 Å². The Morgan fingerprint density at radius 1 is 0.875 bits per heavy atom. The monoisotopic (exact) mass is 454 g/mol. The van der Waals surface area contributed by atoms with Gasteiger partial charge in [0, 0.05) is 11.8 Å². The lowest BCUT2D eigenvalue weighted by molar-refractivity contribution is 0.148. The van der Waals surface area contributed by atoms with Gasteiger partial charge in [-0.05, 0) is 72.3 Å². The van der Waals surface area contributed by atoms with E-state index in [1.165, 1.54) is 33.4 Å². The summed E-state index contributed by atoms with van der Waals surface area (Å²) in [7, 11) is 0.